The van der Waals surface area contributed by atoms with Crippen LogP contribution in [0.15, 0.2) is 12.7 Å². The fourth-order valence-corrected chi connectivity index (χ4v) is 0.296. The van der Waals surface area contributed by atoms with Gasteiger partial charge in [-0.15, -0.1) is 0 Å². The SMILES string of the molecule is C=CC(=O)OCCCO.CC(C)C(=O)O. The van der Waals surface area contributed by atoms with Gasteiger partial charge in [0.2, 0.25) is 0 Å². The van der Waals surface area contributed by atoms with Crippen LogP contribution in [0.3, 0.4) is 0 Å². The maximum absolute atomic E-state index is 10.3. The monoisotopic (exact) mass is 218 g/mol. The van der Waals surface area contributed by atoms with Gasteiger partial charge in [-0.25, -0.2) is 4.79 Å². The zero-order valence-electron chi connectivity index (χ0n) is 9.10. The number of aliphatic carboxylic acids is 1. The van der Waals surface area contributed by atoms with E-state index in [1.807, 2.05) is 0 Å². The molecule has 0 radical (unpaired) electrons. The molecule has 0 heterocycles. The normalized spacial score (nSPS) is 8.80. The van der Waals surface area contributed by atoms with Crippen molar-refractivity contribution in [1.82, 2.24) is 0 Å². The predicted molar refractivity (Wildman–Crippen MR) is 55.3 cm³/mol. The number of aliphatic hydroxyl groups excluding tert-OH is 1. The first-order chi connectivity index (χ1) is 6.95. The summed E-state index contributed by atoms with van der Waals surface area (Å²) in [6, 6.07) is 0. The number of carbonyl (C=O) groups is 2. The van der Waals surface area contributed by atoms with Crippen LogP contribution in [0.1, 0.15) is 20.3 Å². The molecule has 0 aromatic carbocycles. The largest absolute Gasteiger partial charge is 0.481 e. The molecule has 88 valence electrons. The van der Waals surface area contributed by atoms with Crippen molar-refractivity contribution in [2.75, 3.05) is 13.2 Å². The summed E-state index contributed by atoms with van der Waals surface area (Å²) in [7, 11) is 0. The van der Waals surface area contributed by atoms with Gasteiger partial charge in [0.15, 0.2) is 0 Å². The van der Waals surface area contributed by atoms with Gasteiger partial charge in [0, 0.05) is 19.1 Å². The van der Waals surface area contributed by atoms with Crippen LogP contribution < -0.4 is 0 Å². The van der Waals surface area contributed by atoms with Crippen molar-refractivity contribution in [1.29, 1.82) is 0 Å². The Kier molecular flexibility index (Phi) is 11.5. The van der Waals surface area contributed by atoms with Crippen LogP contribution in [-0.4, -0.2) is 35.4 Å². The van der Waals surface area contributed by atoms with Crippen LogP contribution in [0.5, 0.6) is 0 Å². The first-order valence-corrected chi connectivity index (χ1v) is 4.58. The number of aliphatic hydroxyl groups is 1. The molecule has 0 aromatic heterocycles. The van der Waals surface area contributed by atoms with E-state index in [-0.39, 0.29) is 19.1 Å². The van der Waals surface area contributed by atoms with Crippen LogP contribution in [0.25, 0.3) is 0 Å². The minimum atomic E-state index is -0.741. The summed E-state index contributed by atoms with van der Waals surface area (Å²) < 4.78 is 4.51. The van der Waals surface area contributed by atoms with Gasteiger partial charge < -0.3 is 14.9 Å². The number of carbonyl (C=O) groups excluding carboxylic acids is 1. The number of hydrogen-bond donors (Lipinski definition) is 2. The molecule has 0 atom stereocenters. The van der Waals surface area contributed by atoms with E-state index in [0.29, 0.717) is 6.42 Å². The Morgan fingerprint density at radius 1 is 1.47 bits per heavy atom. The maximum atomic E-state index is 10.3. The second kappa shape index (κ2) is 10.7. The molecule has 0 saturated carbocycles. The molecular weight excluding hydrogens is 200 g/mol. The molecule has 5 heteroatoms. The summed E-state index contributed by atoms with van der Waals surface area (Å²) in [5.41, 5.74) is 0. The number of hydrogen-bond acceptors (Lipinski definition) is 4. The second-order valence-corrected chi connectivity index (χ2v) is 2.94. The third-order valence-electron chi connectivity index (χ3n) is 1.21. The van der Waals surface area contributed by atoms with Crippen molar-refractivity contribution in [2.24, 2.45) is 5.92 Å². The molecule has 0 aromatic rings. The van der Waals surface area contributed by atoms with Gasteiger partial charge >= 0.3 is 11.9 Å². The lowest BCUT2D eigenvalue weighted by atomic mass is 10.2. The Morgan fingerprint density at radius 3 is 2.20 bits per heavy atom. The van der Waals surface area contributed by atoms with Gasteiger partial charge in [-0.2, -0.15) is 0 Å². The first-order valence-electron chi connectivity index (χ1n) is 4.58. The van der Waals surface area contributed by atoms with Crippen molar-refractivity contribution in [2.45, 2.75) is 20.3 Å². The van der Waals surface area contributed by atoms with E-state index in [0.717, 1.165) is 6.08 Å². The average molecular weight is 218 g/mol. The molecule has 0 bridgehead atoms. The molecule has 0 rings (SSSR count). The van der Waals surface area contributed by atoms with E-state index < -0.39 is 11.9 Å². The lowest BCUT2D eigenvalue weighted by molar-refractivity contribution is -0.140. The smallest absolute Gasteiger partial charge is 0.330 e. The minimum Gasteiger partial charge on any atom is -0.481 e. The molecule has 15 heavy (non-hydrogen) atoms. The van der Waals surface area contributed by atoms with Crippen molar-refractivity contribution in [3.8, 4) is 0 Å². The Labute approximate surface area is 89.4 Å². The number of esters is 1. The predicted octanol–water partition coefficient (Wildman–Crippen LogP) is 0.825. The molecule has 0 spiro atoms. The fourth-order valence-electron chi connectivity index (χ4n) is 0.296. The lowest BCUT2D eigenvalue weighted by Gasteiger charge is -1.96. The highest BCUT2D eigenvalue weighted by Crippen LogP contribution is 1.87. The molecule has 0 aliphatic carbocycles. The molecular formula is C10H18O5. The third-order valence-corrected chi connectivity index (χ3v) is 1.21. The molecule has 0 fully saturated rings. The second-order valence-electron chi connectivity index (χ2n) is 2.94. The molecule has 2 N–H and O–H groups in total. The summed E-state index contributed by atoms with van der Waals surface area (Å²) in [6.45, 7) is 6.80. The van der Waals surface area contributed by atoms with Gasteiger partial charge in [-0.05, 0) is 0 Å². The molecule has 0 saturated heterocycles. The van der Waals surface area contributed by atoms with Gasteiger partial charge in [0.05, 0.1) is 12.5 Å². The van der Waals surface area contributed by atoms with Crippen LogP contribution in [0.2, 0.25) is 0 Å². The molecule has 0 aliphatic heterocycles. The van der Waals surface area contributed by atoms with Crippen molar-refractivity contribution in [3.05, 3.63) is 12.7 Å². The van der Waals surface area contributed by atoms with E-state index in [4.69, 9.17) is 10.2 Å². The molecule has 0 aliphatic rings. The van der Waals surface area contributed by atoms with Crippen LogP contribution >= 0.6 is 0 Å². The molecule has 5 nitrogen and oxygen atoms in total. The average Bonchev–Trinajstić information content (AvgIpc) is 2.18. The Bertz CT molecular complexity index is 198. The fraction of sp³-hybridized carbons (Fsp3) is 0.600. The van der Waals surface area contributed by atoms with E-state index in [1.165, 1.54) is 0 Å². The van der Waals surface area contributed by atoms with Gasteiger partial charge in [-0.1, -0.05) is 20.4 Å². The Balaban J connectivity index is 0. The highest BCUT2D eigenvalue weighted by molar-refractivity contribution is 5.81. The summed E-state index contributed by atoms with van der Waals surface area (Å²) in [6.07, 6.45) is 1.58. The Morgan fingerprint density at radius 2 is 1.93 bits per heavy atom. The van der Waals surface area contributed by atoms with Crippen molar-refractivity contribution >= 4 is 11.9 Å². The zero-order chi connectivity index (χ0) is 12.3. The number of carboxylic acids is 1. The summed E-state index contributed by atoms with van der Waals surface area (Å²) in [5, 5.41) is 16.2. The maximum Gasteiger partial charge on any atom is 0.330 e. The van der Waals surface area contributed by atoms with Crippen LogP contribution in [-0.2, 0) is 14.3 Å². The summed E-state index contributed by atoms with van der Waals surface area (Å²) in [5.74, 6) is -1.41. The van der Waals surface area contributed by atoms with E-state index in [1.54, 1.807) is 13.8 Å². The number of ether oxygens (including phenoxy) is 1. The van der Waals surface area contributed by atoms with E-state index in [9.17, 15) is 9.59 Å². The molecule has 0 amide bonds. The first kappa shape index (κ1) is 16.1. The summed E-state index contributed by atoms with van der Waals surface area (Å²) in [4.78, 5) is 20.0. The van der Waals surface area contributed by atoms with Gasteiger partial charge in [0.1, 0.15) is 0 Å². The van der Waals surface area contributed by atoms with Gasteiger partial charge in [-0.3, -0.25) is 4.79 Å². The standard InChI is InChI=1S/C6H10O3.C4H8O2/c1-2-6(8)9-5-3-4-7;1-3(2)4(5)6/h2,7H,1,3-5H2;3H,1-2H3,(H,5,6). The zero-order valence-corrected chi connectivity index (χ0v) is 9.10. The highest BCUT2D eigenvalue weighted by atomic mass is 16.5. The van der Waals surface area contributed by atoms with Crippen LogP contribution in [0.4, 0.5) is 0 Å². The third kappa shape index (κ3) is 15.4. The van der Waals surface area contributed by atoms with E-state index >= 15 is 0 Å². The van der Waals surface area contributed by atoms with E-state index in [2.05, 4.69) is 11.3 Å². The Hall–Kier alpha value is -1.36. The quantitative estimate of drug-likeness (QED) is 0.405. The lowest BCUT2D eigenvalue weighted by Crippen LogP contribution is -2.03. The summed E-state index contributed by atoms with van der Waals surface area (Å²) >= 11 is 0. The number of rotatable bonds is 5. The van der Waals surface area contributed by atoms with Gasteiger partial charge in [0.25, 0.3) is 0 Å². The topological polar surface area (TPSA) is 83.8 Å². The van der Waals surface area contributed by atoms with Crippen LogP contribution in [0, 0.1) is 5.92 Å². The highest BCUT2D eigenvalue weighted by Gasteiger charge is 1.99. The minimum absolute atomic E-state index is 0.0461. The molecule has 0 unspecified atom stereocenters. The van der Waals surface area contributed by atoms with Crippen molar-refractivity contribution in [3.63, 3.8) is 0 Å². The number of carboxylic acid groups (broad SMARTS) is 1. The van der Waals surface area contributed by atoms with Crippen molar-refractivity contribution < 1.29 is 24.5 Å².